The Morgan fingerprint density at radius 2 is 1.68 bits per heavy atom. The summed E-state index contributed by atoms with van der Waals surface area (Å²) >= 11 is 0. The van der Waals surface area contributed by atoms with E-state index in [1.807, 2.05) is 24.3 Å². The van der Waals surface area contributed by atoms with Crippen LogP contribution in [0.4, 0.5) is 0 Å². The molecule has 0 saturated carbocycles. The summed E-state index contributed by atoms with van der Waals surface area (Å²) in [5.74, 6) is 2.03. The number of aromatic nitrogens is 1. The van der Waals surface area contributed by atoms with Crippen molar-refractivity contribution in [1.82, 2.24) is 20.3 Å². The molecule has 31 heavy (non-hydrogen) atoms. The normalized spacial score (nSPS) is 12.5. The predicted molar refractivity (Wildman–Crippen MR) is 135 cm³/mol. The SMILES string of the molecule is CN=C(NCc1ccc(CS(=O)(=O)NC(C)C)cc1)NCc1ncc(C(C)(C)C)o1.I. The molecule has 2 aromatic rings. The molecule has 0 fully saturated rings. The van der Waals surface area contributed by atoms with E-state index in [4.69, 9.17) is 4.42 Å². The third-order valence-electron chi connectivity index (χ3n) is 4.18. The van der Waals surface area contributed by atoms with E-state index in [0.717, 1.165) is 16.9 Å². The van der Waals surface area contributed by atoms with Crippen molar-refractivity contribution in [3.05, 3.63) is 53.2 Å². The number of nitrogens with zero attached hydrogens (tertiary/aromatic N) is 2. The van der Waals surface area contributed by atoms with E-state index in [1.165, 1.54) is 0 Å². The summed E-state index contributed by atoms with van der Waals surface area (Å²) in [6.07, 6.45) is 1.76. The zero-order valence-electron chi connectivity index (χ0n) is 19.0. The Morgan fingerprint density at radius 1 is 1.10 bits per heavy atom. The van der Waals surface area contributed by atoms with Crippen LogP contribution in [0.3, 0.4) is 0 Å². The number of hydrogen-bond acceptors (Lipinski definition) is 5. The number of guanidine groups is 1. The summed E-state index contributed by atoms with van der Waals surface area (Å²) in [4.78, 5) is 8.50. The fourth-order valence-electron chi connectivity index (χ4n) is 2.68. The summed E-state index contributed by atoms with van der Waals surface area (Å²) in [5, 5.41) is 6.40. The van der Waals surface area contributed by atoms with Gasteiger partial charge in [0.2, 0.25) is 15.9 Å². The summed E-state index contributed by atoms with van der Waals surface area (Å²) in [7, 11) is -1.63. The van der Waals surface area contributed by atoms with Gasteiger partial charge in [0.05, 0.1) is 18.5 Å². The minimum absolute atomic E-state index is 0. The minimum Gasteiger partial charge on any atom is -0.443 e. The Labute approximate surface area is 202 Å². The monoisotopic (exact) mass is 563 g/mol. The van der Waals surface area contributed by atoms with Crippen molar-refractivity contribution in [2.45, 2.75) is 64.9 Å². The quantitative estimate of drug-likeness (QED) is 0.259. The van der Waals surface area contributed by atoms with Crippen molar-refractivity contribution in [3.8, 4) is 0 Å². The first kappa shape index (κ1) is 27.4. The summed E-state index contributed by atoms with van der Waals surface area (Å²) in [5.41, 5.74) is 1.68. The van der Waals surface area contributed by atoms with E-state index in [9.17, 15) is 8.42 Å². The second-order valence-electron chi connectivity index (χ2n) is 8.50. The Bertz CT molecular complexity index is 948. The zero-order valence-corrected chi connectivity index (χ0v) is 22.2. The molecule has 3 N–H and O–H groups in total. The smallest absolute Gasteiger partial charge is 0.216 e. The van der Waals surface area contributed by atoms with Crippen LogP contribution in [0.5, 0.6) is 0 Å². The van der Waals surface area contributed by atoms with Gasteiger partial charge >= 0.3 is 0 Å². The molecule has 0 unspecified atom stereocenters. The molecule has 1 aromatic heterocycles. The highest BCUT2D eigenvalue weighted by molar-refractivity contribution is 14.0. The van der Waals surface area contributed by atoms with Crippen LogP contribution in [0.15, 0.2) is 39.9 Å². The number of halogens is 1. The molecular weight excluding hydrogens is 529 g/mol. The molecular formula is C21H34IN5O3S. The van der Waals surface area contributed by atoms with Crippen molar-refractivity contribution < 1.29 is 12.8 Å². The lowest BCUT2D eigenvalue weighted by molar-refractivity contribution is 0.379. The minimum atomic E-state index is -3.33. The van der Waals surface area contributed by atoms with E-state index in [0.29, 0.717) is 24.9 Å². The summed E-state index contributed by atoms with van der Waals surface area (Å²) in [6, 6.07) is 7.35. The maximum atomic E-state index is 12.0. The molecule has 0 radical (unpaired) electrons. The van der Waals surface area contributed by atoms with Crippen molar-refractivity contribution >= 4 is 40.0 Å². The molecule has 0 spiro atoms. The Kier molecular flexibility index (Phi) is 10.4. The average Bonchev–Trinajstić information content (AvgIpc) is 3.11. The van der Waals surface area contributed by atoms with E-state index in [1.54, 1.807) is 27.1 Å². The molecule has 174 valence electrons. The fourth-order valence-corrected chi connectivity index (χ4v) is 4.11. The lowest BCUT2D eigenvalue weighted by Gasteiger charge is -2.13. The largest absolute Gasteiger partial charge is 0.443 e. The number of hydrogen-bond donors (Lipinski definition) is 3. The molecule has 1 aromatic carbocycles. The third-order valence-corrected chi connectivity index (χ3v) is 5.72. The van der Waals surface area contributed by atoms with Gasteiger partial charge in [-0.3, -0.25) is 4.99 Å². The second kappa shape index (κ2) is 11.8. The van der Waals surface area contributed by atoms with Gasteiger partial charge in [-0.05, 0) is 25.0 Å². The molecule has 8 nitrogen and oxygen atoms in total. The van der Waals surface area contributed by atoms with Crippen LogP contribution in [0.1, 0.15) is 57.4 Å². The topological polar surface area (TPSA) is 109 Å². The van der Waals surface area contributed by atoms with Crippen LogP contribution < -0.4 is 15.4 Å². The van der Waals surface area contributed by atoms with Crippen LogP contribution in [0.2, 0.25) is 0 Å². The molecule has 0 aliphatic rings. The number of aliphatic imine (C=N–C) groups is 1. The van der Waals surface area contributed by atoms with Crippen LogP contribution in [-0.4, -0.2) is 32.5 Å². The van der Waals surface area contributed by atoms with Crippen LogP contribution >= 0.6 is 24.0 Å². The van der Waals surface area contributed by atoms with Gasteiger partial charge in [0, 0.05) is 25.0 Å². The maximum Gasteiger partial charge on any atom is 0.216 e. The van der Waals surface area contributed by atoms with Gasteiger partial charge in [-0.15, -0.1) is 24.0 Å². The number of oxazole rings is 1. The zero-order chi connectivity index (χ0) is 22.4. The molecule has 1 heterocycles. The van der Waals surface area contributed by atoms with Gasteiger partial charge in [-0.2, -0.15) is 0 Å². The van der Waals surface area contributed by atoms with Gasteiger partial charge in [0.15, 0.2) is 5.96 Å². The number of nitrogens with one attached hydrogen (secondary N) is 3. The lowest BCUT2D eigenvalue weighted by Crippen LogP contribution is -2.36. The fraction of sp³-hybridized carbons (Fsp3) is 0.524. The van der Waals surface area contributed by atoms with E-state index >= 15 is 0 Å². The van der Waals surface area contributed by atoms with Gasteiger partial charge < -0.3 is 15.1 Å². The summed E-state index contributed by atoms with van der Waals surface area (Å²) in [6.45, 7) is 10.8. The number of sulfonamides is 1. The average molecular weight is 564 g/mol. The van der Waals surface area contributed by atoms with Crippen LogP contribution in [-0.2, 0) is 34.3 Å². The van der Waals surface area contributed by atoms with Gasteiger partial charge in [0.1, 0.15) is 5.76 Å². The lowest BCUT2D eigenvalue weighted by atomic mass is 9.94. The van der Waals surface area contributed by atoms with E-state index < -0.39 is 10.0 Å². The third kappa shape index (κ3) is 9.56. The molecule has 0 amide bonds. The number of rotatable bonds is 8. The molecule has 10 heteroatoms. The summed E-state index contributed by atoms with van der Waals surface area (Å²) < 4.78 is 32.4. The molecule has 0 saturated heterocycles. The molecule has 2 rings (SSSR count). The second-order valence-corrected chi connectivity index (χ2v) is 10.2. The molecule has 0 aliphatic heterocycles. The predicted octanol–water partition coefficient (Wildman–Crippen LogP) is 3.28. The highest BCUT2D eigenvalue weighted by Gasteiger charge is 2.19. The van der Waals surface area contributed by atoms with Crippen molar-refractivity contribution in [3.63, 3.8) is 0 Å². The maximum absolute atomic E-state index is 12.0. The van der Waals surface area contributed by atoms with Crippen LogP contribution in [0, 0.1) is 0 Å². The van der Waals surface area contributed by atoms with Gasteiger partial charge in [-0.25, -0.2) is 18.1 Å². The Morgan fingerprint density at radius 3 is 2.19 bits per heavy atom. The van der Waals surface area contributed by atoms with Gasteiger partial charge in [-0.1, -0.05) is 45.0 Å². The first-order chi connectivity index (χ1) is 14.0. The standard InChI is InChI=1S/C21H33N5O3S.HI/c1-15(2)26-30(27,28)14-17-9-7-16(8-10-17)11-24-20(22-6)25-13-19-23-12-18(29-19)21(3,4)5;/h7-10,12,15,26H,11,13-14H2,1-6H3,(H2,22,24,25);1H. The van der Waals surface area contributed by atoms with Crippen molar-refractivity contribution in [2.75, 3.05) is 7.05 Å². The Hall–Kier alpha value is -1.66. The van der Waals surface area contributed by atoms with Crippen molar-refractivity contribution in [1.29, 1.82) is 0 Å². The van der Waals surface area contributed by atoms with E-state index in [-0.39, 0.29) is 41.2 Å². The number of benzene rings is 1. The molecule has 0 bridgehead atoms. The highest BCUT2D eigenvalue weighted by Crippen LogP contribution is 2.22. The van der Waals surface area contributed by atoms with Crippen molar-refractivity contribution in [2.24, 2.45) is 4.99 Å². The van der Waals surface area contributed by atoms with E-state index in [2.05, 4.69) is 46.1 Å². The van der Waals surface area contributed by atoms with Gasteiger partial charge in [0.25, 0.3) is 0 Å². The Balaban J connectivity index is 0.00000480. The first-order valence-electron chi connectivity index (χ1n) is 9.96. The van der Waals surface area contributed by atoms with Crippen LogP contribution in [0.25, 0.3) is 0 Å². The molecule has 0 aliphatic carbocycles. The first-order valence-corrected chi connectivity index (χ1v) is 11.6. The molecule has 0 atom stereocenters. The highest BCUT2D eigenvalue weighted by atomic mass is 127.